The van der Waals surface area contributed by atoms with Crippen LogP contribution < -0.4 is 0 Å². The van der Waals surface area contributed by atoms with Crippen LogP contribution in [-0.2, 0) is 22.4 Å². The minimum Gasteiger partial charge on any atom is -0.370 e. The number of amides is 1. The van der Waals surface area contributed by atoms with E-state index in [4.69, 9.17) is 4.74 Å². The number of morpholine rings is 1. The van der Waals surface area contributed by atoms with Crippen molar-refractivity contribution in [2.75, 3.05) is 19.7 Å². The fraction of sp³-hybridized carbons (Fsp3) is 0.417. The lowest BCUT2D eigenvalue weighted by Gasteiger charge is -2.33. The molecule has 1 amide bonds. The Hall–Kier alpha value is -2.53. The van der Waals surface area contributed by atoms with Gasteiger partial charge in [-0.1, -0.05) is 24.3 Å². The Morgan fingerprint density at radius 1 is 1.00 bits per heavy atom. The fourth-order valence-corrected chi connectivity index (χ4v) is 4.18. The molecule has 1 aliphatic carbocycles. The van der Waals surface area contributed by atoms with E-state index in [1.807, 2.05) is 12.1 Å². The number of carbonyl (C=O) groups excluding carboxylic acids is 2. The summed E-state index contributed by atoms with van der Waals surface area (Å²) < 4.78 is 18.9. The molecule has 2 aliphatic rings. The van der Waals surface area contributed by atoms with Crippen LogP contribution >= 0.6 is 0 Å². The van der Waals surface area contributed by atoms with Crippen LogP contribution in [0.25, 0.3) is 0 Å². The van der Waals surface area contributed by atoms with E-state index in [0.29, 0.717) is 25.3 Å². The van der Waals surface area contributed by atoms with Crippen LogP contribution in [0.15, 0.2) is 42.5 Å². The molecule has 1 heterocycles. The molecule has 0 aromatic heterocycles. The number of nitrogens with zero attached hydrogens (tertiary/aromatic N) is 1. The van der Waals surface area contributed by atoms with Gasteiger partial charge in [-0.05, 0) is 60.6 Å². The zero-order valence-electron chi connectivity index (χ0n) is 16.5. The first-order valence-corrected chi connectivity index (χ1v) is 10.4. The van der Waals surface area contributed by atoms with Crippen molar-refractivity contribution in [3.8, 4) is 0 Å². The summed E-state index contributed by atoms with van der Waals surface area (Å²) in [6.07, 6.45) is 4.68. The lowest BCUT2D eigenvalue weighted by Crippen LogP contribution is -2.42. The number of aryl methyl sites for hydroxylation is 2. The van der Waals surface area contributed by atoms with Crippen LogP contribution in [0.1, 0.15) is 58.8 Å². The summed E-state index contributed by atoms with van der Waals surface area (Å²) in [5.74, 6) is -0.306. The van der Waals surface area contributed by atoms with Crippen LogP contribution in [-0.4, -0.2) is 36.3 Å². The molecule has 1 unspecified atom stereocenters. The third-order valence-corrected chi connectivity index (χ3v) is 5.90. The number of fused-ring (bicyclic) bond motifs is 1. The van der Waals surface area contributed by atoms with Crippen molar-refractivity contribution in [1.82, 2.24) is 4.90 Å². The monoisotopic (exact) mass is 395 g/mol. The maximum atomic E-state index is 13.1. The summed E-state index contributed by atoms with van der Waals surface area (Å²) in [4.78, 5) is 27.0. The van der Waals surface area contributed by atoms with Gasteiger partial charge in [0.2, 0.25) is 5.91 Å². The molecule has 4 rings (SSSR count). The Morgan fingerprint density at radius 2 is 1.76 bits per heavy atom. The SMILES string of the molecule is O=C(CCC(=O)N1CCOC(c2ccc(F)cc2)C1)c1ccc2c(c1)CCCC2. The number of rotatable bonds is 5. The van der Waals surface area contributed by atoms with Crippen LogP contribution in [0.3, 0.4) is 0 Å². The molecule has 1 aliphatic heterocycles. The van der Waals surface area contributed by atoms with Gasteiger partial charge in [0.1, 0.15) is 11.9 Å². The summed E-state index contributed by atoms with van der Waals surface area (Å²) in [6, 6.07) is 12.2. The number of hydrogen-bond acceptors (Lipinski definition) is 3. The van der Waals surface area contributed by atoms with Crippen molar-refractivity contribution in [2.45, 2.75) is 44.6 Å². The van der Waals surface area contributed by atoms with Crippen molar-refractivity contribution in [1.29, 1.82) is 0 Å². The molecule has 2 aromatic carbocycles. The van der Waals surface area contributed by atoms with Gasteiger partial charge in [-0.15, -0.1) is 0 Å². The molecule has 29 heavy (non-hydrogen) atoms. The predicted octanol–water partition coefficient (Wildman–Crippen LogP) is 4.27. The number of benzene rings is 2. The summed E-state index contributed by atoms with van der Waals surface area (Å²) in [5, 5.41) is 0. The molecule has 0 radical (unpaired) electrons. The lowest BCUT2D eigenvalue weighted by molar-refractivity contribution is -0.139. The first-order chi connectivity index (χ1) is 14.1. The Labute approximate surface area is 170 Å². The molecular formula is C24H26FNO3. The highest BCUT2D eigenvalue weighted by atomic mass is 19.1. The van der Waals surface area contributed by atoms with Gasteiger partial charge in [0, 0.05) is 24.9 Å². The van der Waals surface area contributed by atoms with Gasteiger partial charge in [-0.2, -0.15) is 0 Å². The highest BCUT2D eigenvalue weighted by Gasteiger charge is 2.26. The molecule has 0 saturated carbocycles. The van der Waals surface area contributed by atoms with E-state index in [1.165, 1.54) is 36.1 Å². The van der Waals surface area contributed by atoms with Gasteiger partial charge in [-0.3, -0.25) is 9.59 Å². The third-order valence-electron chi connectivity index (χ3n) is 5.90. The Balaban J connectivity index is 1.33. The first-order valence-electron chi connectivity index (χ1n) is 10.4. The second-order valence-corrected chi connectivity index (χ2v) is 7.86. The van der Waals surface area contributed by atoms with Crippen molar-refractivity contribution < 1.29 is 18.7 Å². The molecule has 152 valence electrons. The zero-order valence-corrected chi connectivity index (χ0v) is 16.5. The lowest BCUT2D eigenvalue weighted by atomic mass is 9.89. The molecule has 1 fully saturated rings. The van der Waals surface area contributed by atoms with E-state index in [0.717, 1.165) is 18.4 Å². The second-order valence-electron chi connectivity index (χ2n) is 7.86. The Bertz CT molecular complexity index is 893. The molecule has 0 N–H and O–H groups in total. The highest BCUT2D eigenvalue weighted by molar-refractivity contribution is 5.98. The van der Waals surface area contributed by atoms with Crippen LogP contribution in [0.2, 0.25) is 0 Å². The van der Waals surface area contributed by atoms with Crippen molar-refractivity contribution in [3.63, 3.8) is 0 Å². The third kappa shape index (κ3) is 4.73. The van der Waals surface area contributed by atoms with Crippen molar-refractivity contribution in [3.05, 3.63) is 70.5 Å². The zero-order chi connectivity index (χ0) is 20.2. The maximum absolute atomic E-state index is 13.1. The van der Waals surface area contributed by atoms with Gasteiger partial charge in [-0.25, -0.2) is 4.39 Å². The smallest absolute Gasteiger partial charge is 0.223 e. The van der Waals surface area contributed by atoms with Crippen molar-refractivity contribution >= 4 is 11.7 Å². The minimum atomic E-state index is -0.293. The number of ketones is 1. The van der Waals surface area contributed by atoms with Crippen molar-refractivity contribution in [2.24, 2.45) is 0 Å². The van der Waals surface area contributed by atoms with Gasteiger partial charge in [0.15, 0.2) is 5.78 Å². The summed E-state index contributed by atoms with van der Waals surface area (Å²) in [7, 11) is 0. The van der Waals surface area contributed by atoms with E-state index in [-0.39, 0.29) is 36.5 Å². The number of halogens is 1. The summed E-state index contributed by atoms with van der Waals surface area (Å²) in [6.45, 7) is 1.38. The van der Waals surface area contributed by atoms with Gasteiger partial charge < -0.3 is 9.64 Å². The number of Topliss-reactive ketones (excluding diaryl/α,β-unsaturated/α-hetero) is 1. The molecule has 1 atom stereocenters. The molecule has 2 aromatic rings. The molecule has 4 nitrogen and oxygen atoms in total. The predicted molar refractivity (Wildman–Crippen MR) is 108 cm³/mol. The summed E-state index contributed by atoms with van der Waals surface area (Å²) >= 11 is 0. The normalized spacial score (nSPS) is 18.9. The highest BCUT2D eigenvalue weighted by Crippen LogP contribution is 2.25. The Morgan fingerprint density at radius 3 is 2.55 bits per heavy atom. The molecule has 1 saturated heterocycles. The second kappa shape index (κ2) is 8.87. The quantitative estimate of drug-likeness (QED) is 0.711. The van der Waals surface area contributed by atoms with E-state index >= 15 is 0 Å². The average molecular weight is 395 g/mol. The Kier molecular flexibility index (Phi) is 6.05. The number of carbonyl (C=O) groups is 2. The fourth-order valence-electron chi connectivity index (χ4n) is 4.18. The van der Waals surface area contributed by atoms with Gasteiger partial charge >= 0.3 is 0 Å². The van der Waals surface area contributed by atoms with Crippen LogP contribution in [0.5, 0.6) is 0 Å². The molecular weight excluding hydrogens is 369 g/mol. The molecule has 5 heteroatoms. The first kappa shape index (κ1) is 19.8. The average Bonchev–Trinajstić information content (AvgIpc) is 2.77. The van der Waals surface area contributed by atoms with E-state index in [9.17, 15) is 14.0 Å². The van der Waals surface area contributed by atoms with Gasteiger partial charge in [0.25, 0.3) is 0 Å². The van der Waals surface area contributed by atoms with Gasteiger partial charge in [0.05, 0.1) is 13.2 Å². The molecule has 0 bridgehead atoms. The van der Waals surface area contributed by atoms with E-state index in [2.05, 4.69) is 6.07 Å². The number of hydrogen-bond donors (Lipinski definition) is 0. The largest absolute Gasteiger partial charge is 0.370 e. The van der Waals surface area contributed by atoms with Crippen LogP contribution in [0.4, 0.5) is 4.39 Å². The van der Waals surface area contributed by atoms with E-state index in [1.54, 1.807) is 17.0 Å². The molecule has 0 spiro atoms. The minimum absolute atomic E-state index is 0.0232. The topological polar surface area (TPSA) is 46.6 Å². The standard InChI is InChI=1S/C24H26FNO3/c25-21-9-7-18(8-10-21)23-16-26(13-14-29-23)24(28)12-11-22(27)20-6-5-17-3-1-2-4-19(17)15-20/h5-10,15,23H,1-4,11-14,16H2. The summed E-state index contributed by atoms with van der Waals surface area (Å²) in [5.41, 5.74) is 4.20. The van der Waals surface area contributed by atoms with Crippen LogP contribution in [0, 0.1) is 5.82 Å². The maximum Gasteiger partial charge on any atom is 0.223 e. The van der Waals surface area contributed by atoms with E-state index < -0.39 is 0 Å². The number of ether oxygens (including phenoxy) is 1.